The van der Waals surface area contributed by atoms with Gasteiger partial charge in [-0.2, -0.15) is 0 Å². The van der Waals surface area contributed by atoms with Crippen molar-refractivity contribution < 1.29 is 9.21 Å². The van der Waals surface area contributed by atoms with E-state index in [1.54, 1.807) is 41.9 Å². The maximum atomic E-state index is 12.0. The van der Waals surface area contributed by atoms with Crippen LogP contribution in [-0.4, -0.2) is 10.9 Å². The lowest BCUT2D eigenvalue weighted by atomic mass is 10.2. The molecule has 0 radical (unpaired) electrons. The fraction of sp³-hybridized carbons (Fsp3) is 0. The van der Waals surface area contributed by atoms with E-state index in [0.29, 0.717) is 26.5 Å². The second-order valence-electron chi connectivity index (χ2n) is 4.06. The molecule has 2 aromatic heterocycles. The molecule has 21 heavy (non-hydrogen) atoms. The molecule has 0 aliphatic carbocycles. The average Bonchev–Trinajstić information content (AvgIpc) is 3.12. The number of nitrogens with one attached hydrogen (secondary N) is 1. The molecule has 0 fully saturated rings. The predicted octanol–water partition coefficient (Wildman–Crippen LogP) is 4.96. The fourth-order valence-electron chi connectivity index (χ4n) is 1.74. The topological polar surface area (TPSA) is 55.1 Å². The van der Waals surface area contributed by atoms with Crippen LogP contribution < -0.4 is 5.32 Å². The molecule has 1 aromatic carbocycles. The second kappa shape index (κ2) is 5.89. The number of amides is 1. The number of nitrogens with zero attached hydrogens (tertiary/aromatic N) is 1. The van der Waals surface area contributed by atoms with Crippen molar-refractivity contribution in [3.05, 3.63) is 57.7 Å². The zero-order valence-corrected chi connectivity index (χ0v) is 12.8. The van der Waals surface area contributed by atoms with Gasteiger partial charge in [0.05, 0.1) is 10.0 Å². The molecule has 0 saturated heterocycles. The standard InChI is InChI=1S/C14H8Cl2N2O2S/c15-9-3-1-2-8(12(9)16)10-4-5-11(20-10)13(19)18-14-17-6-7-21-14/h1-7H,(H,17,18,19). The Morgan fingerprint density at radius 3 is 2.86 bits per heavy atom. The van der Waals surface area contributed by atoms with Gasteiger partial charge >= 0.3 is 0 Å². The molecule has 4 nitrogen and oxygen atoms in total. The van der Waals surface area contributed by atoms with Crippen LogP contribution >= 0.6 is 34.5 Å². The van der Waals surface area contributed by atoms with Gasteiger partial charge in [0, 0.05) is 17.1 Å². The number of thiazole rings is 1. The van der Waals surface area contributed by atoms with Crippen molar-refractivity contribution in [3.8, 4) is 11.3 Å². The first kappa shape index (κ1) is 14.1. The van der Waals surface area contributed by atoms with Gasteiger partial charge in [-0.15, -0.1) is 11.3 Å². The number of benzene rings is 1. The molecule has 0 bridgehead atoms. The summed E-state index contributed by atoms with van der Waals surface area (Å²) in [6.07, 6.45) is 1.61. The van der Waals surface area contributed by atoms with E-state index in [-0.39, 0.29) is 11.7 Å². The number of anilines is 1. The van der Waals surface area contributed by atoms with Gasteiger partial charge in [0.1, 0.15) is 5.76 Å². The maximum absolute atomic E-state index is 12.0. The molecule has 0 atom stereocenters. The Morgan fingerprint density at radius 2 is 2.10 bits per heavy atom. The molecule has 0 spiro atoms. The highest BCUT2D eigenvalue weighted by Crippen LogP contribution is 2.34. The predicted molar refractivity (Wildman–Crippen MR) is 84.2 cm³/mol. The molecule has 1 N–H and O–H groups in total. The Bertz CT molecular complexity index is 784. The highest BCUT2D eigenvalue weighted by atomic mass is 35.5. The minimum absolute atomic E-state index is 0.177. The average molecular weight is 339 g/mol. The number of hydrogen-bond donors (Lipinski definition) is 1. The first-order valence-corrected chi connectivity index (χ1v) is 7.54. The van der Waals surface area contributed by atoms with Crippen LogP contribution in [0.1, 0.15) is 10.6 Å². The first-order valence-electron chi connectivity index (χ1n) is 5.90. The molecule has 0 aliphatic heterocycles. The quantitative estimate of drug-likeness (QED) is 0.734. The van der Waals surface area contributed by atoms with E-state index < -0.39 is 0 Å². The summed E-state index contributed by atoms with van der Waals surface area (Å²) in [5, 5.41) is 5.75. The Morgan fingerprint density at radius 1 is 1.24 bits per heavy atom. The minimum Gasteiger partial charge on any atom is -0.451 e. The number of furan rings is 1. The molecular formula is C14H8Cl2N2O2S. The third-order valence-corrected chi connectivity index (χ3v) is 4.21. The van der Waals surface area contributed by atoms with E-state index in [9.17, 15) is 4.79 Å². The maximum Gasteiger partial charge on any atom is 0.293 e. The van der Waals surface area contributed by atoms with Crippen molar-refractivity contribution in [2.24, 2.45) is 0 Å². The summed E-state index contributed by atoms with van der Waals surface area (Å²) < 4.78 is 5.54. The van der Waals surface area contributed by atoms with Gasteiger partial charge in [0.15, 0.2) is 10.9 Å². The highest BCUT2D eigenvalue weighted by molar-refractivity contribution is 7.13. The van der Waals surface area contributed by atoms with Crippen molar-refractivity contribution in [1.29, 1.82) is 0 Å². The summed E-state index contributed by atoms with van der Waals surface area (Å²) in [5.74, 6) is 0.289. The van der Waals surface area contributed by atoms with Crippen LogP contribution in [-0.2, 0) is 0 Å². The number of halogens is 2. The molecule has 106 valence electrons. The fourth-order valence-corrected chi connectivity index (χ4v) is 2.66. The number of carbonyl (C=O) groups is 1. The number of carbonyl (C=O) groups excluding carboxylic acids is 1. The Hall–Kier alpha value is -1.82. The van der Waals surface area contributed by atoms with Crippen LogP contribution in [0.15, 0.2) is 46.3 Å². The Labute approximate surface area is 134 Å². The van der Waals surface area contributed by atoms with Gasteiger partial charge in [-0.3, -0.25) is 10.1 Å². The van der Waals surface area contributed by atoms with E-state index in [0.717, 1.165) is 0 Å². The molecule has 0 aliphatic rings. The van der Waals surface area contributed by atoms with Crippen molar-refractivity contribution in [1.82, 2.24) is 4.98 Å². The summed E-state index contributed by atoms with van der Waals surface area (Å²) in [5.41, 5.74) is 0.637. The van der Waals surface area contributed by atoms with Crippen molar-refractivity contribution in [3.63, 3.8) is 0 Å². The number of rotatable bonds is 3. The van der Waals surface area contributed by atoms with Crippen LogP contribution in [0.25, 0.3) is 11.3 Å². The number of aromatic nitrogens is 1. The summed E-state index contributed by atoms with van der Waals surface area (Å²) in [6.45, 7) is 0. The minimum atomic E-state index is -0.366. The van der Waals surface area contributed by atoms with E-state index in [4.69, 9.17) is 27.6 Å². The van der Waals surface area contributed by atoms with Crippen molar-refractivity contribution in [2.75, 3.05) is 5.32 Å². The van der Waals surface area contributed by atoms with E-state index >= 15 is 0 Å². The normalized spacial score (nSPS) is 10.6. The lowest BCUT2D eigenvalue weighted by Crippen LogP contribution is -2.10. The second-order valence-corrected chi connectivity index (χ2v) is 5.74. The van der Waals surface area contributed by atoms with Crippen LogP contribution in [0, 0.1) is 0 Å². The van der Waals surface area contributed by atoms with Gasteiger partial charge in [-0.05, 0) is 24.3 Å². The molecule has 0 unspecified atom stereocenters. The van der Waals surface area contributed by atoms with Gasteiger partial charge in [0.2, 0.25) is 0 Å². The van der Waals surface area contributed by atoms with Crippen LogP contribution in [0.2, 0.25) is 10.0 Å². The third-order valence-electron chi connectivity index (χ3n) is 2.70. The van der Waals surface area contributed by atoms with Crippen molar-refractivity contribution >= 4 is 45.6 Å². The summed E-state index contributed by atoms with van der Waals surface area (Å²) >= 11 is 13.4. The van der Waals surface area contributed by atoms with Gasteiger partial charge in [-0.1, -0.05) is 29.3 Å². The molecular weight excluding hydrogens is 331 g/mol. The van der Waals surface area contributed by atoms with E-state index in [1.165, 1.54) is 11.3 Å². The summed E-state index contributed by atoms with van der Waals surface area (Å²) in [4.78, 5) is 16.0. The molecule has 3 aromatic rings. The lowest BCUT2D eigenvalue weighted by molar-refractivity contribution is 0.0997. The first-order chi connectivity index (χ1) is 10.1. The van der Waals surface area contributed by atoms with Crippen LogP contribution in [0.3, 0.4) is 0 Å². The zero-order chi connectivity index (χ0) is 14.8. The zero-order valence-electron chi connectivity index (χ0n) is 10.5. The van der Waals surface area contributed by atoms with E-state index in [2.05, 4.69) is 10.3 Å². The Kier molecular flexibility index (Phi) is 3.96. The molecule has 2 heterocycles. The number of hydrogen-bond acceptors (Lipinski definition) is 4. The summed E-state index contributed by atoms with van der Waals surface area (Å²) in [6, 6.07) is 8.48. The van der Waals surface area contributed by atoms with Crippen LogP contribution in [0.5, 0.6) is 0 Å². The smallest absolute Gasteiger partial charge is 0.293 e. The monoisotopic (exact) mass is 338 g/mol. The van der Waals surface area contributed by atoms with Crippen molar-refractivity contribution in [2.45, 2.75) is 0 Å². The van der Waals surface area contributed by atoms with Gasteiger partial charge < -0.3 is 4.42 Å². The van der Waals surface area contributed by atoms with Crippen LogP contribution in [0.4, 0.5) is 5.13 Å². The van der Waals surface area contributed by atoms with Gasteiger partial charge in [-0.25, -0.2) is 4.98 Å². The molecule has 1 amide bonds. The molecule has 0 saturated carbocycles. The van der Waals surface area contributed by atoms with E-state index in [1.807, 2.05) is 0 Å². The lowest BCUT2D eigenvalue weighted by Gasteiger charge is -2.02. The largest absolute Gasteiger partial charge is 0.451 e. The summed E-state index contributed by atoms with van der Waals surface area (Å²) in [7, 11) is 0. The van der Waals surface area contributed by atoms with Gasteiger partial charge in [0.25, 0.3) is 5.91 Å². The molecule has 3 rings (SSSR count). The Balaban J connectivity index is 1.86. The third kappa shape index (κ3) is 2.95. The highest BCUT2D eigenvalue weighted by Gasteiger charge is 2.15. The SMILES string of the molecule is O=C(Nc1nccs1)c1ccc(-c2cccc(Cl)c2Cl)o1. The molecule has 7 heteroatoms.